The number of para-hydroxylation sites is 1. The molecule has 0 saturated heterocycles. The zero-order valence-electron chi connectivity index (χ0n) is 12.4. The van der Waals surface area contributed by atoms with Crippen molar-refractivity contribution in [3.05, 3.63) is 64.5 Å². The number of carbonyl (C=O) groups excluding carboxylic acids is 1. The normalized spacial score (nSPS) is 9.83. The molecule has 0 aliphatic heterocycles. The minimum Gasteiger partial charge on any atom is -0.481 e. The molecule has 0 bridgehead atoms. The average molecular weight is 329 g/mol. The van der Waals surface area contributed by atoms with Crippen molar-refractivity contribution < 1.29 is 18.8 Å². The van der Waals surface area contributed by atoms with Gasteiger partial charge in [0.05, 0.1) is 17.1 Å². The minimum absolute atomic E-state index is 0.186. The quantitative estimate of drug-likeness (QED) is 0.461. The van der Waals surface area contributed by atoms with Gasteiger partial charge in [0.15, 0.2) is 18.2 Å². The molecule has 0 N–H and O–H groups in total. The smallest absolute Gasteiger partial charge is 0.272 e. The minimum atomic E-state index is -0.941. The van der Waals surface area contributed by atoms with Gasteiger partial charge >= 0.3 is 0 Å². The van der Waals surface area contributed by atoms with E-state index in [1.165, 1.54) is 4.90 Å². The van der Waals surface area contributed by atoms with Gasteiger partial charge in [-0.25, -0.2) is 4.39 Å². The van der Waals surface area contributed by atoms with Crippen LogP contribution in [0.5, 0.6) is 5.75 Å². The van der Waals surface area contributed by atoms with E-state index < -0.39 is 28.9 Å². The van der Waals surface area contributed by atoms with E-state index in [2.05, 4.69) is 0 Å². The van der Waals surface area contributed by atoms with Crippen molar-refractivity contribution in [3.63, 3.8) is 0 Å². The van der Waals surface area contributed by atoms with Gasteiger partial charge in [-0.3, -0.25) is 19.8 Å². The number of nitrogens with zero attached hydrogens (tertiary/aromatic N) is 3. The Morgan fingerprint density at radius 2 is 2.00 bits per heavy atom. The summed E-state index contributed by atoms with van der Waals surface area (Å²) < 4.78 is 18.8. The standard InChI is InChI=1S/C16H12FN3O4/c17-14-10-13(20(22)23)6-7-15(14)24-11-16(21)19(9-8-18)12-4-2-1-3-5-12/h1-7,10H,9,11H2. The summed E-state index contributed by atoms with van der Waals surface area (Å²) in [6.45, 7) is -0.694. The molecule has 8 heteroatoms. The topological polar surface area (TPSA) is 96.5 Å². The van der Waals surface area contributed by atoms with E-state index in [0.717, 1.165) is 12.1 Å². The molecule has 0 spiro atoms. The highest BCUT2D eigenvalue weighted by Crippen LogP contribution is 2.22. The monoisotopic (exact) mass is 329 g/mol. The van der Waals surface area contributed by atoms with Gasteiger partial charge in [0.1, 0.15) is 6.54 Å². The van der Waals surface area contributed by atoms with Crippen molar-refractivity contribution in [1.82, 2.24) is 0 Å². The second-order valence-corrected chi connectivity index (χ2v) is 4.63. The first kappa shape index (κ1) is 16.9. The predicted molar refractivity (Wildman–Crippen MR) is 83.0 cm³/mol. The fourth-order valence-corrected chi connectivity index (χ4v) is 1.94. The molecule has 0 radical (unpaired) electrons. The second-order valence-electron chi connectivity index (χ2n) is 4.63. The van der Waals surface area contributed by atoms with Gasteiger partial charge in [-0.2, -0.15) is 5.26 Å². The van der Waals surface area contributed by atoms with E-state index in [4.69, 9.17) is 10.00 Å². The molecule has 0 heterocycles. The number of hydrogen-bond acceptors (Lipinski definition) is 5. The zero-order valence-corrected chi connectivity index (χ0v) is 12.4. The summed E-state index contributed by atoms with van der Waals surface area (Å²) >= 11 is 0. The third-order valence-corrected chi connectivity index (χ3v) is 3.08. The Morgan fingerprint density at radius 3 is 2.58 bits per heavy atom. The van der Waals surface area contributed by atoms with E-state index in [1.807, 2.05) is 6.07 Å². The highest BCUT2D eigenvalue weighted by molar-refractivity contribution is 5.94. The number of benzene rings is 2. The van der Waals surface area contributed by atoms with Gasteiger partial charge in [-0.15, -0.1) is 0 Å². The van der Waals surface area contributed by atoms with Crippen LogP contribution in [0.25, 0.3) is 0 Å². The average Bonchev–Trinajstić information content (AvgIpc) is 2.59. The summed E-state index contributed by atoms with van der Waals surface area (Å²) in [4.78, 5) is 23.2. The molecule has 0 aliphatic rings. The van der Waals surface area contributed by atoms with Crippen LogP contribution in [0.3, 0.4) is 0 Å². The van der Waals surface area contributed by atoms with E-state index >= 15 is 0 Å². The van der Waals surface area contributed by atoms with Gasteiger partial charge < -0.3 is 4.74 Å². The lowest BCUT2D eigenvalue weighted by molar-refractivity contribution is -0.385. The molecule has 7 nitrogen and oxygen atoms in total. The van der Waals surface area contributed by atoms with Crippen LogP contribution in [0, 0.1) is 27.3 Å². The molecule has 0 saturated carbocycles. The van der Waals surface area contributed by atoms with Gasteiger partial charge in [0.2, 0.25) is 0 Å². The molecule has 0 atom stereocenters. The van der Waals surface area contributed by atoms with Crippen molar-refractivity contribution >= 4 is 17.3 Å². The lowest BCUT2D eigenvalue weighted by atomic mass is 10.3. The number of carbonyl (C=O) groups is 1. The van der Waals surface area contributed by atoms with Crippen LogP contribution in [-0.4, -0.2) is 24.0 Å². The summed E-state index contributed by atoms with van der Waals surface area (Å²) in [5, 5.41) is 19.4. The number of halogens is 1. The highest BCUT2D eigenvalue weighted by Gasteiger charge is 2.18. The summed E-state index contributed by atoms with van der Waals surface area (Å²) in [6.07, 6.45) is 0. The number of anilines is 1. The summed E-state index contributed by atoms with van der Waals surface area (Å²) in [6, 6.07) is 13.2. The van der Waals surface area contributed by atoms with Gasteiger partial charge in [0, 0.05) is 11.8 Å². The maximum absolute atomic E-state index is 13.7. The third kappa shape index (κ3) is 4.04. The molecule has 2 aromatic carbocycles. The number of nitro groups is 1. The Bertz CT molecular complexity index is 790. The Hall–Kier alpha value is -3.47. The fraction of sp³-hybridized carbons (Fsp3) is 0.125. The van der Waals surface area contributed by atoms with Crippen LogP contribution in [0.4, 0.5) is 15.8 Å². The van der Waals surface area contributed by atoms with Crippen molar-refractivity contribution in [2.45, 2.75) is 0 Å². The van der Waals surface area contributed by atoms with Crippen LogP contribution in [0.15, 0.2) is 48.5 Å². The number of hydrogen-bond donors (Lipinski definition) is 0. The lowest BCUT2D eigenvalue weighted by Crippen LogP contribution is -2.35. The molecule has 0 aromatic heterocycles. The van der Waals surface area contributed by atoms with Crippen LogP contribution >= 0.6 is 0 Å². The van der Waals surface area contributed by atoms with Crippen LogP contribution in [0.2, 0.25) is 0 Å². The van der Waals surface area contributed by atoms with Crippen molar-refractivity contribution in [2.24, 2.45) is 0 Å². The van der Waals surface area contributed by atoms with Crippen molar-refractivity contribution in [2.75, 3.05) is 18.1 Å². The highest BCUT2D eigenvalue weighted by atomic mass is 19.1. The number of rotatable bonds is 6. The maximum atomic E-state index is 13.7. The Morgan fingerprint density at radius 1 is 1.29 bits per heavy atom. The molecule has 24 heavy (non-hydrogen) atoms. The number of nitro benzene ring substituents is 1. The summed E-state index contributed by atoms with van der Waals surface area (Å²) in [7, 11) is 0. The SMILES string of the molecule is N#CCN(C(=O)COc1ccc([N+](=O)[O-])cc1F)c1ccccc1. The van der Waals surface area contributed by atoms with Gasteiger partial charge in [-0.1, -0.05) is 18.2 Å². The first-order valence-corrected chi connectivity index (χ1v) is 6.82. The number of nitriles is 1. The number of non-ortho nitro benzene ring substituents is 1. The van der Waals surface area contributed by atoms with E-state index in [1.54, 1.807) is 30.3 Å². The molecule has 122 valence electrons. The maximum Gasteiger partial charge on any atom is 0.272 e. The van der Waals surface area contributed by atoms with Gasteiger partial charge in [0.25, 0.3) is 11.6 Å². The molecular weight excluding hydrogens is 317 g/mol. The largest absolute Gasteiger partial charge is 0.481 e. The Balaban J connectivity index is 2.09. The molecular formula is C16H12FN3O4. The molecule has 2 aromatic rings. The molecule has 0 unspecified atom stereocenters. The molecule has 0 fully saturated rings. The van der Waals surface area contributed by atoms with Crippen molar-refractivity contribution in [3.8, 4) is 11.8 Å². The molecule has 2 rings (SSSR count). The lowest BCUT2D eigenvalue weighted by Gasteiger charge is -2.19. The summed E-state index contributed by atoms with van der Waals surface area (Å²) in [5.74, 6) is -1.76. The zero-order chi connectivity index (χ0) is 17.5. The van der Waals surface area contributed by atoms with Crippen LogP contribution < -0.4 is 9.64 Å². The first-order chi connectivity index (χ1) is 11.5. The number of ether oxygens (including phenoxy) is 1. The molecule has 0 aliphatic carbocycles. The second kappa shape index (κ2) is 7.69. The predicted octanol–water partition coefficient (Wildman–Crippen LogP) is 2.67. The van der Waals surface area contributed by atoms with E-state index in [9.17, 15) is 19.3 Å². The first-order valence-electron chi connectivity index (χ1n) is 6.82. The molecule has 1 amide bonds. The van der Waals surface area contributed by atoms with Crippen LogP contribution in [0.1, 0.15) is 0 Å². The summed E-state index contributed by atoms with van der Waals surface area (Å²) in [5.41, 5.74) is 0.0957. The fourth-order valence-electron chi connectivity index (χ4n) is 1.94. The van der Waals surface area contributed by atoms with Gasteiger partial charge in [-0.05, 0) is 18.2 Å². The Kier molecular flexibility index (Phi) is 5.41. The third-order valence-electron chi connectivity index (χ3n) is 3.08. The van der Waals surface area contributed by atoms with Crippen molar-refractivity contribution in [1.29, 1.82) is 5.26 Å². The van der Waals surface area contributed by atoms with E-state index in [0.29, 0.717) is 11.8 Å². The van der Waals surface area contributed by atoms with E-state index in [-0.39, 0.29) is 12.3 Å². The van der Waals surface area contributed by atoms with Crippen LogP contribution in [-0.2, 0) is 4.79 Å². The Labute approximate surface area is 136 Å². The number of amides is 1.